The molecular formula is C11H10IN3O2. The number of azide groups is 1. The maximum atomic E-state index is 11.6. The number of rotatable bonds is 4. The number of carbonyl (C=O) groups is 1. The quantitative estimate of drug-likeness (QED) is 0.209. The van der Waals surface area contributed by atoms with Crippen molar-refractivity contribution < 1.29 is 9.53 Å². The SMILES string of the molecule is CCOC(=O)/C(I)=C(\N=[N+]=[N-])c1ccccc1. The van der Waals surface area contributed by atoms with Crippen molar-refractivity contribution in [1.82, 2.24) is 0 Å². The molecule has 0 spiro atoms. The number of halogens is 1. The predicted octanol–water partition coefficient (Wildman–Crippen LogP) is 3.66. The van der Waals surface area contributed by atoms with Gasteiger partial charge >= 0.3 is 5.97 Å². The van der Waals surface area contributed by atoms with E-state index in [1.165, 1.54) is 0 Å². The molecule has 88 valence electrons. The molecule has 0 heterocycles. The zero-order valence-corrected chi connectivity index (χ0v) is 11.3. The Hall–Kier alpha value is -1.53. The third-order valence-electron chi connectivity index (χ3n) is 1.85. The topological polar surface area (TPSA) is 75.1 Å². The smallest absolute Gasteiger partial charge is 0.344 e. The molecule has 0 aliphatic rings. The van der Waals surface area contributed by atoms with E-state index in [1.807, 2.05) is 28.7 Å². The Kier molecular flexibility index (Phi) is 5.51. The molecule has 5 nitrogen and oxygen atoms in total. The van der Waals surface area contributed by atoms with E-state index < -0.39 is 5.97 Å². The summed E-state index contributed by atoms with van der Waals surface area (Å²) < 4.78 is 5.14. The molecule has 0 aliphatic carbocycles. The standard InChI is InChI=1S/C11H10IN3O2/c1-2-17-11(16)9(12)10(14-15-13)8-6-4-3-5-7-8/h3-7H,2H2,1H3/b10-9+. The molecule has 17 heavy (non-hydrogen) atoms. The summed E-state index contributed by atoms with van der Waals surface area (Å²) in [6, 6.07) is 8.98. The monoisotopic (exact) mass is 343 g/mol. The Morgan fingerprint density at radius 1 is 1.47 bits per heavy atom. The molecule has 0 atom stereocenters. The largest absolute Gasteiger partial charge is 0.462 e. The van der Waals surface area contributed by atoms with Gasteiger partial charge in [0.1, 0.15) is 3.58 Å². The minimum absolute atomic E-state index is 0.272. The molecule has 0 amide bonds. The molecule has 0 saturated carbocycles. The highest BCUT2D eigenvalue weighted by molar-refractivity contribution is 14.1. The Bertz CT molecular complexity index is 479. The number of hydrogen-bond acceptors (Lipinski definition) is 3. The van der Waals surface area contributed by atoms with E-state index in [9.17, 15) is 4.79 Å². The van der Waals surface area contributed by atoms with Crippen molar-refractivity contribution in [3.63, 3.8) is 0 Å². The van der Waals surface area contributed by atoms with Gasteiger partial charge in [-0.15, -0.1) is 0 Å². The lowest BCUT2D eigenvalue weighted by Gasteiger charge is -2.05. The summed E-state index contributed by atoms with van der Waals surface area (Å²) in [7, 11) is 0. The maximum absolute atomic E-state index is 11.6. The van der Waals surface area contributed by atoms with Crippen LogP contribution in [0.15, 0.2) is 39.0 Å². The summed E-state index contributed by atoms with van der Waals surface area (Å²) in [4.78, 5) is 14.3. The molecule has 1 rings (SSSR count). The first-order chi connectivity index (χ1) is 8.20. The number of benzene rings is 1. The van der Waals surface area contributed by atoms with Gasteiger partial charge in [-0.1, -0.05) is 35.4 Å². The van der Waals surface area contributed by atoms with Crippen molar-refractivity contribution in [2.45, 2.75) is 6.92 Å². The van der Waals surface area contributed by atoms with E-state index in [2.05, 4.69) is 10.0 Å². The van der Waals surface area contributed by atoms with Crippen molar-refractivity contribution in [2.24, 2.45) is 5.11 Å². The van der Waals surface area contributed by atoms with Crippen LogP contribution in [0.4, 0.5) is 0 Å². The van der Waals surface area contributed by atoms with Crippen LogP contribution < -0.4 is 0 Å². The lowest BCUT2D eigenvalue weighted by molar-refractivity contribution is -0.137. The maximum Gasteiger partial charge on any atom is 0.344 e. The van der Waals surface area contributed by atoms with Gasteiger partial charge < -0.3 is 4.74 Å². The molecule has 6 heteroatoms. The number of ether oxygens (including phenoxy) is 1. The van der Waals surface area contributed by atoms with Crippen LogP contribution in [0.1, 0.15) is 12.5 Å². The van der Waals surface area contributed by atoms with Crippen LogP contribution in [-0.2, 0) is 9.53 Å². The Balaban J connectivity index is 3.21. The molecule has 0 N–H and O–H groups in total. The first-order valence-electron chi connectivity index (χ1n) is 4.88. The van der Waals surface area contributed by atoms with E-state index in [-0.39, 0.29) is 15.9 Å². The second-order valence-electron chi connectivity index (χ2n) is 2.94. The van der Waals surface area contributed by atoms with E-state index in [0.717, 1.165) is 0 Å². The summed E-state index contributed by atoms with van der Waals surface area (Å²) >= 11 is 1.82. The highest BCUT2D eigenvalue weighted by Crippen LogP contribution is 2.25. The number of carbonyl (C=O) groups excluding carboxylic acids is 1. The van der Waals surface area contributed by atoms with Crippen LogP contribution in [-0.4, -0.2) is 12.6 Å². The Labute approximate surface area is 112 Å². The van der Waals surface area contributed by atoms with Gasteiger partial charge in [-0.25, -0.2) is 4.79 Å². The summed E-state index contributed by atoms with van der Waals surface area (Å²) in [5.41, 5.74) is 9.49. The van der Waals surface area contributed by atoms with Crippen molar-refractivity contribution in [1.29, 1.82) is 0 Å². The van der Waals surface area contributed by atoms with Crippen molar-refractivity contribution in [3.05, 3.63) is 49.9 Å². The van der Waals surface area contributed by atoms with Gasteiger partial charge in [-0.3, -0.25) is 0 Å². The van der Waals surface area contributed by atoms with Crippen LogP contribution >= 0.6 is 22.6 Å². The van der Waals surface area contributed by atoms with Gasteiger partial charge in [0.25, 0.3) is 0 Å². The van der Waals surface area contributed by atoms with E-state index >= 15 is 0 Å². The van der Waals surface area contributed by atoms with E-state index in [4.69, 9.17) is 10.3 Å². The fraction of sp³-hybridized carbons (Fsp3) is 0.182. The molecular weight excluding hydrogens is 333 g/mol. The highest BCUT2D eigenvalue weighted by atomic mass is 127. The summed E-state index contributed by atoms with van der Waals surface area (Å²) in [5.74, 6) is -0.487. The van der Waals surface area contributed by atoms with E-state index in [0.29, 0.717) is 5.56 Å². The normalized spacial score (nSPS) is 11.2. The lowest BCUT2D eigenvalue weighted by atomic mass is 10.1. The first kappa shape index (κ1) is 13.5. The third-order valence-corrected chi connectivity index (χ3v) is 2.81. The highest BCUT2D eigenvalue weighted by Gasteiger charge is 2.13. The van der Waals surface area contributed by atoms with Crippen LogP contribution in [0.2, 0.25) is 0 Å². The number of esters is 1. The van der Waals surface area contributed by atoms with Crippen molar-refractivity contribution >= 4 is 34.3 Å². The molecule has 0 aromatic heterocycles. The van der Waals surface area contributed by atoms with Gasteiger partial charge in [0.15, 0.2) is 0 Å². The Morgan fingerprint density at radius 3 is 2.65 bits per heavy atom. The molecule has 0 bridgehead atoms. The van der Waals surface area contributed by atoms with Gasteiger partial charge in [0.05, 0.1) is 12.3 Å². The average molecular weight is 343 g/mol. The Morgan fingerprint density at radius 2 is 2.12 bits per heavy atom. The second-order valence-corrected chi connectivity index (χ2v) is 4.02. The fourth-order valence-corrected chi connectivity index (χ4v) is 1.74. The van der Waals surface area contributed by atoms with Gasteiger partial charge in [0, 0.05) is 4.91 Å². The average Bonchev–Trinajstić information content (AvgIpc) is 2.36. The van der Waals surface area contributed by atoms with E-state index in [1.54, 1.807) is 31.2 Å². The van der Waals surface area contributed by atoms with Gasteiger partial charge in [0.2, 0.25) is 0 Å². The molecule has 0 aliphatic heterocycles. The minimum Gasteiger partial charge on any atom is -0.462 e. The minimum atomic E-state index is -0.487. The van der Waals surface area contributed by atoms with Crippen LogP contribution in [0.25, 0.3) is 16.1 Å². The summed E-state index contributed by atoms with van der Waals surface area (Å²) in [5, 5.41) is 3.55. The lowest BCUT2D eigenvalue weighted by Crippen LogP contribution is -2.05. The zero-order valence-electron chi connectivity index (χ0n) is 9.13. The van der Waals surface area contributed by atoms with Crippen LogP contribution in [0.3, 0.4) is 0 Å². The molecule has 0 saturated heterocycles. The fourth-order valence-electron chi connectivity index (χ4n) is 1.16. The molecule has 0 unspecified atom stereocenters. The predicted molar refractivity (Wildman–Crippen MR) is 73.2 cm³/mol. The molecule has 0 fully saturated rings. The van der Waals surface area contributed by atoms with Crippen LogP contribution in [0.5, 0.6) is 0 Å². The third kappa shape index (κ3) is 3.76. The second kappa shape index (κ2) is 6.93. The zero-order chi connectivity index (χ0) is 12.7. The van der Waals surface area contributed by atoms with Gasteiger partial charge in [-0.05, 0) is 40.6 Å². The van der Waals surface area contributed by atoms with Crippen molar-refractivity contribution in [2.75, 3.05) is 6.61 Å². The van der Waals surface area contributed by atoms with Gasteiger partial charge in [-0.2, -0.15) is 0 Å². The number of hydrogen-bond donors (Lipinski definition) is 0. The van der Waals surface area contributed by atoms with Crippen molar-refractivity contribution in [3.8, 4) is 0 Å². The summed E-state index contributed by atoms with van der Waals surface area (Å²) in [6.07, 6.45) is 0. The number of nitrogens with zero attached hydrogens (tertiary/aromatic N) is 3. The molecule has 1 aromatic carbocycles. The first-order valence-corrected chi connectivity index (χ1v) is 5.96. The molecule has 1 aromatic rings. The summed E-state index contributed by atoms with van der Waals surface area (Å²) in [6.45, 7) is 2.00. The molecule has 0 radical (unpaired) electrons. The van der Waals surface area contributed by atoms with Crippen LogP contribution in [0, 0.1) is 0 Å².